The van der Waals surface area contributed by atoms with Crippen molar-refractivity contribution in [1.82, 2.24) is 4.90 Å². The van der Waals surface area contributed by atoms with Gasteiger partial charge in [0.2, 0.25) is 0 Å². The molecule has 0 saturated carbocycles. The zero-order valence-corrected chi connectivity index (χ0v) is 16.7. The SMILES string of the molecule is CC(C)(C)OC(=O)N1CCC(O)(CNc2ccc([N+](=O)[O-])cc2Br)CC1. The van der Waals surface area contributed by atoms with Crippen molar-refractivity contribution in [1.29, 1.82) is 0 Å². The Kier molecular flexibility index (Phi) is 6.13. The van der Waals surface area contributed by atoms with E-state index in [9.17, 15) is 20.0 Å². The van der Waals surface area contributed by atoms with Gasteiger partial charge in [0.25, 0.3) is 5.69 Å². The van der Waals surface area contributed by atoms with E-state index in [1.807, 2.05) is 20.8 Å². The maximum atomic E-state index is 12.1. The first-order chi connectivity index (χ1) is 12.0. The monoisotopic (exact) mass is 429 g/mol. The summed E-state index contributed by atoms with van der Waals surface area (Å²) in [5, 5.41) is 24.6. The average molecular weight is 430 g/mol. The molecule has 1 aromatic rings. The van der Waals surface area contributed by atoms with Crippen LogP contribution in [0.3, 0.4) is 0 Å². The number of nitro groups is 1. The fraction of sp³-hybridized carbons (Fsp3) is 0.588. The van der Waals surface area contributed by atoms with Crippen molar-refractivity contribution in [3.8, 4) is 0 Å². The lowest BCUT2D eigenvalue weighted by molar-refractivity contribution is -0.384. The van der Waals surface area contributed by atoms with Gasteiger partial charge >= 0.3 is 6.09 Å². The predicted molar refractivity (Wildman–Crippen MR) is 101 cm³/mol. The van der Waals surface area contributed by atoms with Crippen molar-refractivity contribution < 1.29 is 19.6 Å². The van der Waals surface area contributed by atoms with Gasteiger partial charge in [-0.1, -0.05) is 0 Å². The number of hydrogen-bond donors (Lipinski definition) is 2. The fourth-order valence-corrected chi connectivity index (χ4v) is 3.14. The molecule has 144 valence electrons. The van der Waals surface area contributed by atoms with Crippen LogP contribution in [0.25, 0.3) is 0 Å². The number of aliphatic hydroxyl groups is 1. The van der Waals surface area contributed by atoms with Crippen LogP contribution in [0.5, 0.6) is 0 Å². The molecule has 0 radical (unpaired) electrons. The number of rotatable bonds is 4. The van der Waals surface area contributed by atoms with E-state index < -0.39 is 16.1 Å². The van der Waals surface area contributed by atoms with E-state index in [2.05, 4.69) is 21.2 Å². The number of carbonyl (C=O) groups is 1. The number of non-ortho nitro benzene ring substituents is 1. The lowest BCUT2D eigenvalue weighted by Gasteiger charge is -2.38. The number of piperidine rings is 1. The quantitative estimate of drug-likeness (QED) is 0.560. The van der Waals surface area contributed by atoms with Crippen LogP contribution >= 0.6 is 15.9 Å². The molecule has 1 aliphatic heterocycles. The fourth-order valence-electron chi connectivity index (χ4n) is 2.63. The van der Waals surface area contributed by atoms with Gasteiger partial charge in [-0.2, -0.15) is 0 Å². The van der Waals surface area contributed by atoms with Gasteiger partial charge < -0.3 is 20.1 Å². The van der Waals surface area contributed by atoms with Crippen molar-refractivity contribution in [2.75, 3.05) is 25.0 Å². The number of likely N-dealkylation sites (tertiary alicyclic amines) is 1. The zero-order chi connectivity index (χ0) is 19.5. The Morgan fingerprint density at radius 2 is 2.04 bits per heavy atom. The lowest BCUT2D eigenvalue weighted by Crippen LogP contribution is -2.50. The van der Waals surface area contributed by atoms with Crippen LogP contribution in [-0.4, -0.2) is 51.9 Å². The van der Waals surface area contributed by atoms with Gasteiger partial charge in [0.05, 0.1) is 10.5 Å². The van der Waals surface area contributed by atoms with Crippen molar-refractivity contribution in [2.24, 2.45) is 0 Å². The molecule has 2 rings (SSSR count). The predicted octanol–water partition coefficient (Wildman–Crippen LogP) is 3.53. The van der Waals surface area contributed by atoms with Crippen LogP contribution in [0.15, 0.2) is 22.7 Å². The largest absolute Gasteiger partial charge is 0.444 e. The third-order valence-corrected chi connectivity index (χ3v) is 4.77. The number of benzene rings is 1. The van der Waals surface area contributed by atoms with Crippen LogP contribution in [-0.2, 0) is 4.74 Å². The molecule has 1 fully saturated rings. The van der Waals surface area contributed by atoms with Crippen molar-refractivity contribution in [3.05, 3.63) is 32.8 Å². The van der Waals surface area contributed by atoms with E-state index in [-0.39, 0.29) is 18.3 Å². The molecule has 0 bridgehead atoms. The molecule has 1 amide bonds. The molecular formula is C17H24BrN3O5. The molecule has 2 N–H and O–H groups in total. The van der Waals surface area contributed by atoms with Gasteiger partial charge in [0, 0.05) is 41.9 Å². The Hall–Kier alpha value is -1.87. The van der Waals surface area contributed by atoms with Gasteiger partial charge in [-0.3, -0.25) is 10.1 Å². The smallest absolute Gasteiger partial charge is 0.410 e. The number of anilines is 1. The first-order valence-electron chi connectivity index (χ1n) is 8.37. The first-order valence-corrected chi connectivity index (χ1v) is 9.17. The zero-order valence-electron chi connectivity index (χ0n) is 15.1. The molecule has 0 atom stereocenters. The Morgan fingerprint density at radius 3 is 2.54 bits per heavy atom. The summed E-state index contributed by atoms with van der Waals surface area (Å²) in [6, 6.07) is 4.42. The Bertz CT molecular complexity index is 681. The molecule has 9 heteroatoms. The highest BCUT2D eigenvalue weighted by Crippen LogP contribution is 2.29. The van der Waals surface area contributed by atoms with Gasteiger partial charge in [0.1, 0.15) is 5.60 Å². The number of nitrogens with zero attached hydrogens (tertiary/aromatic N) is 2. The highest BCUT2D eigenvalue weighted by molar-refractivity contribution is 9.10. The van der Waals surface area contributed by atoms with Gasteiger partial charge in [-0.25, -0.2) is 4.79 Å². The Balaban J connectivity index is 1.90. The van der Waals surface area contributed by atoms with Crippen molar-refractivity contribution >= 4 is 33.4 Å². The Morgan fingerprint density at radius 1 is 1.42 bits per heavy atom. The van der Waals surface area contributed by atoms with E-state index in [4.69, 9.17) is 4.74 Å². The molecule has 1 heterocycles. The molecule has 0 spiro atoms. The summed E-state index contributed by atoms with van der Waals surface area (Å²) >= 11 is 3.30. The minimum atomic E-state index is -0.959. The average Bonchev–Trinajstić information content (AvgIpc) is 2.52. The van der Waals surface area contributed by atoms with Crippen LogP contribution in [0.4, 0.5) is 16.2 Å². The topological polar surface area (TPSA) is 105 Å². The van der Waals surface area contributed by atoms with E-state index in [1.165, 1.54) is 12.1 Å². The molecule has 1 aromatic carbocycles. The van der Waals surface area contributed by atoms with Crippen molar-refractivity contribution in [2.45, 2.75) is 44.8 Å². The number of amides is 1. The van der Waals surface area contributed by atoms with E-state index >= 15 is 0 Å². The summed E-state index contributed by atoms with van der Waals surface area (Å²) in [7, 11) is 0. The van der Waals surface area contributed by atoms with Crippen LogP contribution in [0.2, 0.25) is 0 Å². The molecule has 0 aromatic heterocycles. The highest BCUT2D eigenvalue weighted by atomic mass is 79.9. The molecule has 1 saturated heterocycles. The summed E-state index contributed by atoms with van der Waals surface area (Å²) in [6.45, 7) is 6.56. The molecule has 1 aliphatic rings. The number of ether oxygens (including phenoxy) is 1. The number of halogens is 1. The van der Waals surface area contributed by atoms with Crippen LogP contribution < -0.4 is 5.32 Å². The minimum absolute atomic E-state index is 0.00759. The van der Waals surface area contributed by atoms with Gasteiger partial charge in [-0.05, 0) is 55.6 Å². The maximum absolute atomic E-state index is 12.1. The molecular weight excluding hydrogens is 406 g/mol. The van der Waals surface area contributed by atoms with Crippen LogP contribution in [0, 0.1) is 10.1 Å². The summed E-state index contributed by atoms with van der Waals surface area (Å²) in [5.41, 5.74) is -0.848. The minimum Gasteiger partial charge on any atom is -0.444 e. The molecule has 26 heavy (non-hydrogen) atoms. The number of nitrogens with one attached hydrogen (secondary N) is 1. The first kappa shape index (κ1) is 20.4. The molecule has 0 aliphatic carbocycles. The summed E-state index contributed by atoms with van der Waals surface area (Å²) in [5.74, 6) is 0. The summed E-state index contributed by atoms with van der Waals surface area (Å²) in [4.78, 5) is 24.0. The summed E-state index contributed by atoms with van der Waals surface area (Å²) in [6.07, 6.45) is 0.471. The van der Waals surface area contributed by atoms with E-state index in [0.29, 0.717) is 36.1 Å². The van der Waals surface area contributed by atoms with E-state index in [1.54, 1.807) is 11.0 Å². The highest BCUT2D eigenvalue weighted by Gasteiger charge is 2.35. The third kappa shape index (κ3) is 5.57. The van der Waals surface area contributed by atoms with Gasteiger partial charge in [-0.15, -0.1) is 0 Å². The Labute approximate surface area is 160 Å². The molecule has 8 nitrogen and oxygen atoms in total. The molecule has 0 unspecified atom stereocenters. The number of hydrogen-bond acceptors (Lipinski definition) is 6. The second-order valence-corrected chi connectivity index (χ2v) is 8.32. The second-order valence-electron chi connectivity index (χ2n) is 7.47. The van der Waals surface area contributed by atoms with Crippen LogP contribution in [0.1, 0.15) is 33.6 Å². The van der Waals surface area contributed by atoms with Gasteiger partial charge in [0.15, 0.2) is 0 Å². The van der Waals surface area contributed by atoms with Crippen molar-refractivity contribution in [3.63, 3.8) is 0 Å². The lowest BCUT2D eigenvalue weighted by atomic mass is 9.91. The number of nitro benzene ring substituents is 1. The van der Waals surface area contributed by atoms with E-state index in [0.717, 1.165) is 0 Å². The second kappa shape index (κ2) is 7.79. The maximum Gasteiger partial charge on any atom is 0.410 e. The standard InChI is InChI=1S/C17H24BrN3O5/c1-16(2,3)26-15(22)20-8-6-17(23,7-9-20)11-19-14-5-4-12(21(24)25)10-13(14)18/h4-5,10,19,23H,6-9,11H2,1-3H3. The normalized spacial score (nSPS) is 16.9. The third-order valence-electron chi connectivity index (χ3n) is 4.12. The summed E-state index contributed by atoms with van der Waals surface area (Å²) < 4.78 is 5.91. The number of carbonyl (C=O) groups excluding carboxylic acids is 1.